The fourth-order valence-electron chi connectivity index (χ4n) is 2.45. The quantitative estimate of drug-likeness (QED) is 0.888. The number of rotatable bonds is 3. The van der Waals surface area contributed by atoms with Crippen molar-refractivity contribution in [2.75, 3.05) is 27.2 Å². The van der Waals surface area contributed by atoms with Crippen LogP contribution in [0, 0.1) is 5.82 Å². The van der Waals surface area contributed by atoms with Crippen molar-refractivity contribution in [3.05, 3.63) is 35.6 Å². The van der Waals surface area contributed by atoms with Crippen LogP contribution in [0.1, 0.15) is 18.0 Å². The highest BCUT2D eigenvalue weighted by atomic mass is 19.1. The molecule has 1 heterocycles. The predicted molar refractivity (Wildman–Crippen MR) is 70.0 cm³/mol. The molecule has 0 saturated carbocycles. The minimum Gasteiger partial charge on any atom is -0.391 e. The van der Waals surface area contributed by atoms with E-state index in [1.54, 1.807) is 21.9 Å². The Hall–Kier alpha value is -1.46. The van der Waals surface area contributed by atoms with Crippen LogP contribution in [0.2, 0.25) is 0 Å². The summed E-state index contributed by atoms with van der Waals surface area (Å²) >= 11 is 0. The van der Waals surface area contributed by atoms with E-state index in [0.29, 0.717) is 19.5 Å². The number of benzene rings is 1. The first kappa shape index (κ1) is 14.0. The molecule has 104 valence electrons. The summed E-state index contributed by atoms with van der Waals surface area (Å²) < 4.78 is 12.9. The SMILES string of the molecule is CN(C)CC(=O)N1C[C@H](O)C[C@@H]1c1ccc(F)cc1. The molecule has 1 amide bonds. The molecule has 19 heavy (non-hydrogen) atoms. The van der Waals surface area contributed by atoms with Gasteiger partial charge in [-0.15, -0.1) is 0 Å². The van der Waals surface area contributed by atoms with Crippen LogP contribution in [0.4, 0.5) is 4.39 Å². The highest BCUT2D eigenvalue weighted by molar-refractivity contribution is 5.79. The third-order valence-corrected chi connectivity index (χ3v) is 3.31. The first-order valence-corrected chi connectivity index (χ1v) is 6.35. The summed E-state index contributed by atoms with van der Waals surface area (Å²) in [6.07, 6.45) is -0.00805. The van der Waals surface area contributed by atoms with E-state index in [9.17, 15) is 14.3 Å². The van der Waals surface area contributed by atoms with Gasteiger partial charge in [0, 0.05) is 6.54 Å². The van der Waals surface area contributed by atoms with Crippen LogP contribution in [0.25, 0.3) is 0 Å². The van der Waals surface area contributed by atoms with Gasteiger partial charge in [-0.2, -0.15) is 0 Å². The summed E-state index contributed by atoms with van der Waals surface area (Å²) in [4.78, 5) is 15.6. The molecule has 1 aliphatic heterocycles. The molecule has 1 N–H and O–H groups in total. The minimum atomic E-state index is -0.513. The first-order chi connectivity index (χ1) is 8.97. The van der Waals surface area contributed by atoms with E-state index in [1.165, 1.54) is 12.1 Å². The molecule has 2 atom stereocenters. The molecule has 1 aromatic carbocycles. The van der Waals surface area contributed by atoms with E-state index in [2.05, 4.69) is 0 Å². The Labute approximate surface area is 112 Å². The Balaban J connectivity index is 2.17. The van der Waals surface area contributed by atoms with Crippen molar-refractivity contribution in [1.29, 1.82) is 0 Å². The number of carbonyl (C=O) groups excluding carboxylic acids is 1. The Morgan fingerprint density at radius 3 is 2.63 bits per heavy atom. The number of aliphatic hydroxyl groups is 1. The number of aliphatic hydroxyl groups excluding tert-OH is 1. The number of carbonyl (C=O) groups is 1. The molecule has 0 radical (unpaired) electrons. The van der Waals surface area contributed by atoms with Crippen LogP contribution in [-0.2, 0) is 4.79 Å². The zero-order chi connectivity index (χ0) is 14.0. The number of nitrogens with zero attached hydrogens (tertiary/aromatic N) is 2. The summed E-state index contributed by atoms with van der Waals surface area (Å²) in [6, 6.07) is 5.95. The van der Waals surface area contributed by atoms with Gasteiger partial charge in [-0.25, -0.2) is 4.39 Å². The largest absolute Gasteiger partial charge is 0.391 e. The number of hydrogen-bond acceptors (Lipinski definition) is 3. The summed E-state index contributed by atoms with van der Waals surface area (Å²) in [5.41, 5.74) is 0.866. The van der Waals surface area contributed by atoms with Crippen LogP contribution in [0.15, 0.2) is 24.3 Å². The van der Waals surface area contributed by atoms with Crippen LogP contribution in [0.5, 0.6) is 0 Å². The number of halogens is 1. The lowest BCUT2D eigenvalue weighted by atomic mass is 10.0. The van der Waals surface area contributed by atoms with Crippen LogP contribution >= 0.6 is 0 Å². The van der Waals surface area contributed by atoms with Crippen molar-refractivity contribution < 1.29 is 14.3 Å². The average Bonchev–Trinajstić information content (AvgIpc) is 2.71. The van der Waals surface area contributed by atoms with Crippen molar-refractivity contribution in [3.8, 4) is 0 Å². The third kappa shape index (κ3) is 3.30. The van der Waals surface area contributed by atoms with Gasteiger partial charge in [0.2, 0.25) is 5.91 Å². The molecule has 0 spiro atoms. The maximum atomic E-state index is 12.9. The molecule has 1 fully saturated rings. The molecule has 0 bridgehead atoms. The molecule has 0 aromatic heterocycles. The number of likely N-dealkylation sites (tertiary alicyclic amines) is 1. The standard InChI is InChI=1S/C14H19FN2O2/c1-16(2)9-14(19)17-8-12(18)7-13(17)10-3-5-11(15)6-4-10/h3-6,12-13,18H,7-9H2,1-2H3/t12-,13-/m1/s1. The molecule has 0 unspecified atom stereocenters. The Morgan fingerprint density at radius 1 is 1.42 bits per heavy atom. The molecular formula is C14H19FN2O2. The monoisotopic (exact) mass is 266 g/mol. The highest BCUT2D eigenvalue weighted by Crippen LogP contribution is 2.32. The Bertz CT molecular complexity index is 447. The van der Waals surface area contributed by atoms with Gasteiger partial charge >= 0.3 is 0 Å². The van der Waals surface area contributed by atoms with E-state index in [0.717, 1.165) is 5.56 Å². The highest BCUT2D eigenvalue weighted by Gasteiger charge is 2.35. The van der Waals surface area contributed by atoms with Gasteiger partial charge in [0.1, 0.15) is 5.82 Å². The summed E-state index contributed by atoms with van der Waals surface area (Å²) in [5.74, 6) is -0.315. The number of amides is 1. The predicted octanol–water partition coefficient (Wildman–Crippen LogP) is 1.02. The van der Waals surface area contributed by atoms with E-state index < -0.39 is 6.10 Å². The Morgan fingerprint density at radius 2 is 2.05 bits per heavy atom. The Kier molecular flexibility index (Phi) is 4.17. The normalized spacial score (nSPS) is 23.1. The molecule has 4 nitrogen and oxygen atoms in total. The fourth-order valence-corrected chi connectivity index (χ4v) is 2.45. The van der Waals surface area contributed by atoms with Crippen molar-refractivity contribution in [1.82, 2.24) is 9.80 Å². The van der Waals surface area contributed by atoms with Gasteiger partial charge in [0.15, 0.2) is 0 Å². The van der Waals surface area contributed by atoms with Gasteiger partial charge in [-0.1, -0.05) is 12.1 Å². The second-order valence-electron chi connectivity index (χ2n) is 5.24. The molecule has 0 aliphatic carbocycles. The van der Waals surface area contributed by atoms with Crippen LogP contribution in [-0.4, -0.2) is 54.1 Å². The minimum absolute atomic E-state index is 0.0177. The second kappa shape index (κ2) is 5.67. The molecule has 2 rings (SSSR count). The van der Waals surface area contributed by atoms with Gasteiger partial charge in [0.05, 0.1) is 18.7 Å². The van der Waals surface area contributed by atoms with E-state index in [4.69, 9.17) is 0 Å². The molecule has 1 aliphatic rings. The van der Waals surface area contributed by atoms with E-state index >= 15 is 0 Å². The lowest BCUT2D eigenvalue weighted by molar-refractivity contribution is -0.133. The molecule has 1 saturated heterocycles. The van der Waals surface area contributed by atoms with Crippen LogP contribution < -0.4 is 0 Å². The fraction of sp³-hybridized carbons (Fsp3) is 0.500. The zero-order valence-electron chi connectivity index (χ0n) is 11.2. The summed E-state index contributed by atoms with van der Waals surface area (Å²) in [7, 11) is 3.66. The topological polar surface area (TPSA) is 43.8 Å². The van der Waals surface area contributed by atoms with Crippen LogP contribution in [0.3, 0.4) is 0 Å². The maximum absolute atomic E-state index is 12.9. The van der Waals surface area contributed by atoms with Crippen molar-refractivity contribution in [3.63, 3.8) is 0 Å². The lowest BCUT2D eigenvalue weighted by Crippen LogP contribution is -2.38. The lowest BCUT2D eigenvalue weighted by Gasteiger charge is -2.26. The third-order valence-electron chi connectivity index (χ3n) is 3.31. The number of hydrogen-bond donors (Lipinski definition) is 1. The van der Waals surface area contributed by atoms with Gasteiger partial charge in [-0.05, 0) is 38.2 Å². The summed E-state index contributed by atoms with van der Waals surface area (Å²) in [6.45, 7) is 0.652. The first-order valence-electron chi connectivity index (χ1n) is 6.35. The summed E-state index contributed by atoms with van der Waals surface area (Å²) in [5, 5.41) is 9.79. The zero-order valence-corrected chi connectivity index (χ0v) is 11.2. The molecule has 5 heteroatoms. The van der Waals surface area contributed by atoms with Crippen molar-refractivity contribution in [2.24, 2.45) is 0 Å². The van der Waals surface area contributed by atoms with E-state index in [1.807, 2.05) is 14.1 Å². The molecular weight excluding hydrogens is 247 g/mol. The van der Waals surface area contributed by atoms with Crippen molar-refractivity contribution >= 4 is 5.91 Å². The molecule has 1 aromatic rings. The van der Waals surface area contributed by atoms with E-state index in [-0.39, 0.29) is 17.8 Å². The average molecular weight is 266 g/mol. The second-order valence-corrected chi connectivity index (χ2v) is 5.24. The number of likely N-dealkylation sites (N-methyl/N-ethyl adjacent to an activating group) is 1. The maximum Gasteiger partial charge on any atom is 0.237 e. The number of β-amino-alcohol motifs (C(OH)–C–C–N with tert-alkyl or cyclic N) is 1. The van der Waals surface area contributed by atoms with Gasteiger partial charge in [-0.3, -0.25) is 4.79 Å². The van der Waals surface area contributed by atoms with Crippen molar-refractivity contribution in [2.45, 2.75) is 18.6 Å². The van der Waals surface area contributed by atoms with Gasteiger partial charge < -0.3 is 14.9 Å². The smallest absolute Gasteiger partial charge is 0.237 e. The van der Waals surface area contributed by atoms with Gasteiger partial charge in [0.25, 0.3) is 0 Å².